The third kappa shape index (κ3) is 5.11. The fourth-order valence-corrected chi connectivity index (χ4v) is 4.79. The number of ether oxygens (including phenoxy) is 2. The van der Waals surface area contributed by atoms with Gasteiger partial charge < -0.3 is 9.47 Å². The smallest absolute Gasteiger partial charge is 0.339 e. The molecule has 154 valence electrons. The normalized spacial score (nSPS) is 19.2. The fourth-order valence-electron chi connectivity index (χ4n) is 3.93. The summed E-state index contributed by atoms with van der Waals surface area (Å²) in [5.41, 5.74) is -0.683. The van der Waals surface area contributed by atoms with Crippen LogP contribution in [0.3, 0.4) is 0 Å². The second-order valence-electron chi connectivity index (χ2n) is 7.49. The fraction of sp³-hybridized carbons (Fsp3) is 0.600. The molecule has 0 saturated heterocycles. The maximum atomic E-state index is 12.6. The van der Waals surface area contributed by atoms with Crippen LogP contribution in [-0.4, -0.2) is 37.1 Å². The van der Waals surface area contributed by atoms with Crippen molar-refractivity contribution in [2.75, 3.05) is 0 Å². The van der Waals surface area contributed by atoms with Crippen LogP contribution in [0.2, 0.25) is 0 Å². The Hall–Kier alpha value is -1.93. The molecule has 0 amide bonds. The van der Waals surface area contributed by atoms with Gasteiger partial charge in [0.1, 0.15) is 17.1 Å². The summed E-state index contributed by atoms with van der Waals surface area (Å²) in [5.74, 6) is -1.71. The van der Waals surface area contributed by atoms with Gasteiger partial charge in [-0.1, -0.05) is 18.9 Å². The Labute approximate surface area is 165 Å². The number of hydrogen-bond donors (Lipinski definition) is 1. The first-order valence-electron chi connectivity index (χ1n) is 9.88. The van der Waals surface area contributed by atoms with Gasteiger partial charge >= 0.3 is 11.9 Å². The first kappa shape index (κ1) is 20.8. The average Bonchev–Trinajstić information content (AvgIpc) is 2.68. The molecule has 1 N–H and O–H groups in total. The van der Waals surface area contributed by atoms with Crippen molar-refractivity contribution in [3.05, 3.63) is 29.3 Å². The van der Waals surface area contributed by atoms with Crippen LogP contribution in [0.4, 0.5) is 0 Å². The van der Waals surface area contributed by atoms with Gasteiger partial charge in [0.25, 0.3) is 10.1 Å². The number of rotatable bonds is 5. The van der Waals surface area contributed by atoms with Gasteiger partial charge in [0.2, 0.25) is 0 Å². The SMILES string of the molecule is O=C(OC1CCCCC1)c1cccc(C(=O)OC2CCCCC2)c1S(=O)(=O)O. The number of carbonyl (C=O) groups is 2. The molecule has 2 fully saturated rings. The lowest BCUT2D eigenvalue weighted by Crippen LogP contribution is -2.25. The zero-order valence-electron chi connectivity index (χ0n) is 15.8. The van der Waals surface area contributed by atoms with Crippen molar-refractivity contribution in [3.8, 4) is 0 Å². The van der Waals surface area contributed by atoms with Crippen LogP contribution in [0.5, 0.6) is 0 Å². The van der Waals surface area contributed by atoms with Crippen LogP contribution < -0.4 is 0 Å². The summed E-state index contributed by atoms with van der Waals surface area (Å²) in [6, 6.07) is 3.88. The molecule has 1 aromatic rings. The van der Waals surface area contributed by atoms with E-state index in [1.807, 2.05) is 0 Å². The quantitative estimate of drug-likeness (QED) is 0.579. The van der Waals surface area contributed by atoms with Gasteiger partial charge in [0, 0.05) is 0 Å². The van der Waals surface area contributed by atoms with Crippen LogP contribution in [-0.2, 0) is 19.6 Å². The Bertz CT molecular complexity index is 769. The molecular formula is C20H26O7S. The summed E-state index contributed by atoms with van der Waals surface area (Å²) < 4.78 is 44.6. The molecule has 0 radical (unpaired) electrons. The van der Waals surface area contributed by atoms with Gasteiger partial charge in [0.05, 0.1) is 11.1 Å². The minimum atomic E-state index is -4.84. The molecular weight excluding hydrogens is 384 g/mol. The van der Waals surface area contributed by atoms with Crippen LogP contribution in [0, 0.1) is 0 Å². The molecule has 2 aliphatic rings. The summed E-state index contributed by atoms with van der Waals surface area (Å²) in [5, 5.41) is 0. The van der Waals surface area contributed by atoms with E-state index in [-0.39, 0.29) is 23.3 Å². The molecule has 0 bridgehead atoms. The average molecular weight is 410 g/mol. The number of carbonyl (C=O) groups excluding carboxylic acids is 2. The van der Waals surface area contributed by atoms with Gasteiger partial charge in [-0.3, -0.25) is 4.55 Å². The van der Waals surface area contributed by atoms with Gasteiger partial charge in [-0.15, -0.1) is 0 Å². The van der Waals surface area contributed by atoms with E-state index in [0.717, 1.165) is 64.2 Å². The summed E-state index contributed by atoms with van der Waals surface area (Å²) >= 11 is 0. The Morgan fingerprint density at radius 3 is 1.54 bits per heavy atom. The monoisotopic (exact) mass is 410 g/mol. The van der Waals surface area contributed by atoms with E-state index in [4.69, 9.17) is 9.47 Å². The van der Waals surface area contributed by atoms with Crippen molar-refractivity contribution >= 4 is 22.1 Å². The Morgan fingerprint density at radius 1 is 0.786 bits per heavy atom. The zero-order valence-corrected chi connectivity index (χ0v) is 16.6. The highest BCUT2D eigenvalue weighted by molar-refractivity contribution is 7.86. The van der Waals surface area contributed by atoms with E-state index in [2.05, 4.69) is 0 Å². The molecule has 7 nitrogen and oxygen atoms in total. The summed E-state index contributed by atoms with van der Waals surface area (Å²) in [6.07, 6.45) is 8.22. The topological polar surface area (TPSA) is 107 Å². The van der Waals surface area contributed by atoms with Crippen molar-refractivity contribution in [1.29, 1.82) is 0 Å². The highest BCUT2D eigenvalue weighted by Gasteiger charge is 2.31. The van der Waals surface area contributed by atoms with Gasteiger partial charge in [-0.25, -0.2) is 9.59 Å². The van der Waals surface area contributed by atoms with Crippen molar-refractivity contribution < 1.29 is 32.0 Å². The first-order chi connectivity index (χ1) is 13.4. The van der Waals surface area contributed by atoms with Gasteiger partial charge in [-0.05, 0) is 63.5 Å². The lowest BCUT2D eigenvalue weighted by atomic mass is 9.97. The summed E-state index contributed by atoms with van der Waals surface area (Å²) in [6.45, 7) is 0. The molecule has 0 spiro atoms. The predicted octanol–water partition coefficient (Wildman–Crippen LogP) is 3.91. The molecule has 0 atom stereocenters. The maximum Gasteiger partial charge on any atom is 0.339 e. The first-order valence-corrected chi connectivity index (χ1v) is 11.3. The Balaban J connectivity index is 1.87. The molecule has 0 aliphatic heterocycles. The predicted molar refractivity (Wildman–Crippen MR) is 101 cm³/mol. The third-order valence-electron chi connectivity index (χ3n) is 5.36. The molecule has 1 aromatic carbocycles. The molecule has 2 saturated carbocycles. The maximum absolute atomic E-state index is 12.6. The minimum absolute atomic E-state index is 0.284. The largest absolute Gasteiger partial charge is 0.459 e. The van der Waals surface area contributed by atoms with Gasteiger partial charge in [0.15, 0.2) is 0 Å². The van der Waals surface area contributed by atoms with E-state index in [0.29, 0.717) is 0 Å². The second-order valence-corrected chi connectivity index (χ2v) is 8.85. The lowest BCUT2D eigenvalue weighted by molar-refractivity contribution is 0.0200. The molecule has 0 unspecified atom stereocenters. The number of benzene rings is 1. The highest BCUT2D eigenvalue weighted by Crippen LogP contribution is 2.27. The van der Waals surface area contributed by atoms with Crippen LogP contribution >= 0.6 is 0 Å². The second kappa shape index (κ2) is 9.05. The minimum Gasteiger partial charge on any atom is -0.459 e. The molecule has 28 heavy (non-hydrogen) atoms. The van der Waals surface area contributed by atoms with Crippen LogP contribution in [0.25, 0.3) is 0 Å². The standard InChI is InChI=1S/C20H26O7S/c21-19(26-14-8-3-1-4-9-14)16-12-7-13-17(18(16)28(23,24)25)20(22)27-15-10-5-2-6-11-15/h7,12-15H,1-6,8-11H2,(H,23,24,25). The molecule has 0 aromatic heterocycles. The van der Waals surface area contributed by atoms with E-state index in [1.54, 1.807) is 0 Å². The van der Waals surface area contributed by atoms with Crippen molar-refractivity contribution in [3.63, 3.8) is 0 Å². The molecule has 0 heterocycles. The van der Waals surface area contributed by atoms with E-state index < -0.39 is 27.0 Å². The number of esters is 2. The van der Waals surface area contributed by atoms with Crippen molar-refractivity contribution in [1.82, 2.24) is 0 Å². The van der Waals surface area contributed by atoms with Crippen molar-refractivity contribution in [2.24, 2.45) is 0 Å². The third-order valence-corrected chi connectivity index (χ3v) is 6.32. The van der Waals surface area contributed by atoms with E-state index >= 15 is 0 Å². The van der Waals surface area contributed by atoms with Crippen LogP contribution in [0.15, 0.2) is 23.1 Å². The number of hydrogen-bond acceptors (Lipinski definition) is 6. The molecule has 3 rings (SSSR count). The van der Waals surface area contributed by atoms with E-state index in [9.17, 15) is 22.6 Å². The van der Waals surface area contributed by atoms with E-state index in [1.165, 1.54) is 18.2 Å². The molecule has 2 aliphatic carbocycles. The Kier molecular flexibility index (Phi) is 6.72. The lowest BCUT2D eigenvalue weighted by Gasteiger charge is -2.23. The zero-order chi connectivity index (χ0) is 20.1. The van der Waals surface area contributed by atoms with Gasteiger partial charge in [-0.2, -0.15) is 8.42 Å². The summed E-state index contributed by atoms with van der Waals surface area (Å²) in [7, 11) is -4.84. The van der Waals surface area contributed by atoms with Crippen LogP contribution in [0.1, 0.15) is 84.9 Å². The van der Waals surface area contributed by atoms with Crippen molar-refractivity contribution in [2.45, 2.75) is 81.3 Å². The highest BCUT2D eigenvalue weighted by atomic mass is 32.2. The molecule has 8 heteroatoms. The summed E-state index contributed by atoms with van der Waals surface area (Å²) in [4.78, 5) is 24.5. The Morgan fingerprint density at radius 2 is 1.18 bits per heavy atom.